The number of carbonyl (C=O) groups excluding carboxylic acids is 2. The van der Waals surface area contributed by atoms with Crippen LogP contribution >= 0.6 is 12.2 Å². The molecule has 2 fully saturated rings. The monoisotopic (exact) mass is 482 g/mol. The first-order chi connectivity index (χ1) is 16.4. The van der Waals surface area contributed by atoms with Crippen molar-refractivity contribution in [2.24, 2.45) is 5.92 Å². The minimum atomic E-state index is -0.392. The second kappa shape index (κ2) is 10.9. The van der Waals surface area contributed by atoms with Crippen LogP contribution in [0.4, 0.5) is 10.6 Å². The van der Waals surface area contributed by atoms with Gasteiger partial charge in [-0.05, 0) is 61.8 Å². The largest absolute Gasteiger partial charge is 0.415 e. The molecule has 0 spiro atoms. The van der Waals surface area contributed by atoms with Crippen LogP contribution in [-0.4, -0.2) is 75.6 Å². The minimum absolute atomic E-state index is 0.108. The average Bonchev–Trinajstić information content (AvgIpc) is 3.15. The summed E-state index contributed by atoms with van der Waals surface area (Å²) in [4.78, 5) is 39.3. The number of amides is 2. The van der Waals surface area contributed by atoms with Crippen molar-refractivity contribution in [3.8, 4) is 5.75 Å². The Bertz CT molecular complexity index is 1010. The maximum absolute atomic E-state index is 12.6. The van der Waals surface area contributed by atoms with Crippen molar-refractivity contribution in [3.63, 3.8) is 0 Å². The smallest absolute Gasteiger partial charge is 0.409 e. The summed E-state index contributed by atoms with van der Waals surface area (Å²) in [5, 5.41) is 3.37. The van der Waals surface area contributed by atoms with Gasteiger partial charge in [0.2, 0.25) is 0 Å². The van der Waals surface area contributed by atoms with E-state index >= 15 is 0 Å². The topological polar surface area (TPSA) is 90.9 Å². The first-order valence-electron chi connectivity index (χ1n) is 11.6. The lowest BCUT2D eigenvalue weighted by Crippen LogP contribution is -2.49. The molecule has 2 aliphatic heterocycles. The third-order valence-electron chi connectivity index (χ3n) is 6.05. The van der Waals surface area contributed by atoms with Gasteiger partial charge in [0.15, 0.2) is 10.9 Å². The van der Waals surface area contributed by atoms with Crippen molar-refractivity contribution in [1.29, 1.82) is 0 Å². The molecule has 1 N–H and O–H groups in total. The van der Waals surface area contributed by atoms with Crippen LogP contribution in [0.2, 0.25) is 0 Å². The maximum Gasteiger partial charge on any atom is 0.415 e. The van der Waals surface area contributed by atoms with Crippen molar-refractivity contribution < 1.29 is 14.3 Å². The molecule has 0 bridgehead atoms. The van der Waals surface area contributed by atoms with Crippen LogP contribution < -0.4 is 15.0 Å². The molecule has 4 heterocycles. The van der Waals surface area contributed by atoms with Crippen LogP contribution in [0, 0.1) is 5.92 Å². The molecule has 2 aliphatic rings. The van der Waals surface area contributed by atoms with E-state index in [1.54, 1.807) is 17.0 Å². The molecular formula is C24H30N6O3S. The van der Waals surface area contributed by atoms with Gasteiger partial charge in [-0.1, -0.05) is 19.9 Å². The highest BCUT2D eigenvalue weighted by atomic mass is 32.1. The SMILES string of the molecule is CC(C)C1NC(=S)N(c2ccc(OC(=O)N3CCN(CCCc4ccccn4)CC3)cn2)C1=O. The van der Waals surface area contributed by atoms with Gasteiger partial charge in [-0.25, -0.2) is 14.7 Å². The summed E-state index contributed by atoms with van der Waals surface area (Å²) in [6, 6.07) is 8.89. The number of nitrogens with zero attached hydrogens (tertiary/aromatic N) is 5. The van der Waals surface area contributed by atoms with Crippen LogP contribution in [0.3, 0.4) is 0 Å². The molecule has 180 valence electrons. The molecule has 0 aromatic carbocycles. The van der Waals surface area contributed by atoms with Gasteiger partial charge in [0.1, 0.15) is 11.9 Å². The number of anilines is 1. The first kappa shape index (κ1) is 24.0. The van der Waals surface area contributed by atoms with Crippen molar-refractivity contribution >= 4 is 35.1 Å². The van der Waals surface area contributed by atoms with Crippen molar-refractivity contribution in [2.45, 2.75) is 32.7 Å². The molecule has 0 saturated carbocycles. The van der Waals surface area contributed by atoms with Gasteiger partial charge in [0, 0.05) is 38.1 Å². The molecule has 1 unspecified atom stereocenters. The van der Waals surface area contributed by atoms with Crippen molar-refractivity contribution in [3.05, 3.63) is 48.4 Å². The Hall–Kier alpha value is -3.11. The summed E-state index contributed by atoms with van der Waals surface area (Å²) in [5.41, 5.74) is 1.11. The van der Waals surface area contributed by atoms with E-state index in [-0.39, 0.29) is 17.9 Å². The summed E-state index contributed by atoms with van der Waals surface area (Å²) in [7, 11) is 0. The third-order valence-corrected chi connectivity index (χ3v) is 6.35. The first-order valence-corrected chi connectivity index (χ1v) is 12.0. The van der Waals surface area contributed by atoms with E-state index < -0.39 is 6.09 Å². The summed E-state index contributed by atoms with van der Waals surface area (Å²) in [6.07, 6.45) is 4.86. The summed E-state index contributed by atoms with van der Waals surface area (Å²) >= 11 is 5.30. The van der Waals surface area contributed by atoms with Gasteiger partial charge < -0.3 is 15.0 Å². The van der Waals surface area contributed by atoms with Gasteiger partial charge in [0.25, 0.3) is 5.91 Å². The molecule has 0 radical (unpaired) electrons. The Kier molecular flexibility index (Phi) is 7.69. The fourth-order valence-electron chi connectivity index (χ4n) is 4.08. The van der Waals surface area contributed by atoms with E-state index in [1.165, 1.54) is 11.1 Å². The number of rotatable bonds is 7. The maximum atomic E-state index is 12.6. The van der Waals surface area contributed by atoms with Gasteiger partial charge in [-0.2, -0.15) is 0 Å². The zero-order valence-electron chi connectivity index (χ0n) is 19.5. The Morgan fingerprint density at radius 2 is 1.97 bits per heavy atom. The number of aromatic nitrogens is 2. The normalized spacial score (nSPS) is 19.0. The van der Waals surface area contributed by atoms with Gasteiger partial charge in [0.05, 0.1) is 6.20 Å². The minimum Gasteiger partial charge on any atom is -0.409 e. The van der Waals surface area contributed by atoms with Crippen LogP contribution in [0.5, 0.6) is 5.75 Å². The molecule has 2 aromatic heterocycles. The van der Waals surface area contributed by atoms with Crippen LogP contribution in [-0.2, 0) is 11.2 Å². The second-order valence-electron chi connectivity index (χ2n) is 8.82. The number of ether oxygens (including phenoxy) is 1. The quantitative estimate of drug-likeness (QED) is 0.602. The van der Waals surface area contributed by atoms with Crippen LogP contribution in [0.1, 0.15) is 26.0 Å². The van der Waals surface area contributed by atoms with E-state index in [4.69, 9.17) is 17.0 Å². The summed E-state index contributed by atoms with van der Waals surface area (Å²) in [6.45, 7) is 7.76. The molecule has 10 heteroatoms. The fraction of sp³-hybridized carbons (Fsp3) is 0.458. The average molecular weight is 483 g/mol. The third kappa shape index (κ3) is 5.68. The van der Waals surface area contributed by atoms with E-state index in [2.05, 4.69) is 20.2 Å². The van der Waals surface area contributed by atoms with Gasteiger partial charge in [-0.3, -0.25) is 14.7 Å². The zero-order chi connectivity index (χ0) is 24.1. The highest BCUT2D eigenvalue weighted by Crippen LogP contribution is 2.23. The molecule has 2 saturated heterocycles. The summed E-state index contributed by atoms with van der Waals surface area (Å²) in [5.74, 6) is 0.717. The highest BCUT2D eigenvalue weighted by molar-refractivity contribution is 7.80. The number of carbonyl (C=O) groups is 2. The van der Waals surface area contributed by atoms with Crippen LogP contribution in [0.25, 0.3) is 0 Å². The number of hydrogen-bond donors (Lipinski definition) is 1. The highest BCUT2D eigenvalue weighted by Gasteiger charge is 2.38. The molecule has 2 aromatic rings. The Morgan fingerprint density at radius 3 is 2.59 bits per heavy atom. The van der Waals surface area contributed by atoms with E-state index in [1.807, 2.05) is 38.2 Å². The number of piperazine rings is 1. The molecule has 9 nitrogen and oxygen atoms in total. The lowest BCUT2D eigenvalue weighted by molar-refractivity contribution is -0.119. The number of nitrogens with one attached hydrogen (secondary N) is 1. The molecular weight excluding hydrogens is 452 g/mol. The number of thiocarbonyl (C=S) groups is 1. The standard InChI is InChI=1S/C24H30N6O3S/c1-17(2)21-22(31)30(23(34)27-21)20-9-8-19(16-26-20)33-24(32)29-14-12-28(13-15-29)11-5-7-18-6-3-4-10-25-18/h3-4,6,8-10,16-17,21H,5,7,11-15H2,1-2H3,(H,27,34). The number of aryl methyl sites for hydroxylation is 1. The van der Waals surface area contributed by atoms with E-state index in [0.29, 0.717) is 29.8 Å². The fourth-order valence-corrected chi connectivity index (χ4v) is 4.39. The molecule has 2 amide bonds. The van der Waals surface area contributed by atoms with Crippen LogP contribution in [0.15, 0.2) is 42.7 Å². The lowest BCUT2D eigenvalue weighted by atomic mass is 10.1. The van der Waals surface area contributed by atoms with Gasteiger partial charge >= 0.3 is 6.09 Å². The van der Waals surface area contributed by atoms with E-state index in [9.17, 15) is 9.59 Å². The Balaban J connectivity index is 1.23. The zero-order valence-corrected chi connectivity index (χ0v) is 20.3. The van der Waals surface area contributed by atoms with Gasteiger partial charge in [-0.15, -0.1) is 0 Å². The lowest BCUT2D eigenvalue weighted by Gasteiger charge is -2.33. The second-order valence-corrected chi connectivity index (χ2v) is 9.20. The summed E-state index contributed by atoms with van der Waals surface area (Å²) < 4.78 is 5.50. The molecule has 0 aliphatic carbocycles. The molecule has 34 heavy (non-hydrogen) atoms. The number of hydrogen-bond acceptors (Lipinski definition) is 7. The predicted molar refractivity (Wildman–Crippen MR) is 133 cm³/mol. The predicted octanol–water partition coefficient (Wildman–Crippen LogP) is 2.47. The van der Waals surface area contributed by atoms with Crippen molar-refractivity contribution in [2.75, 3.05) is 37.6 Å². The Labute approximate surface area is 205 Å². The molecule has 4 rings (SSSR count). The molecule has 1 atom stereocenters. The number of pyridine rings is 2. The van der Waals surface area contributed by atoms with E-state index in [0.717, 1.165) is 38.2 Å². The van der Waals surface area contributed by atoms with Crippen molar-refractivity contribution in [1.82, 2.24) is 25.1 Å². The Morgan fingerprint density at radius 1 is 1.18 bits per heavy atom.